The molecule has 1 rings (SSSR count). The Balaban J connectivity index is 3.10. The average molecular weight is 264 g/mol. The Morgan fingerprint density at radius 2 is 2.06 bits per heavy atom. The second-order valence-corrected chi connectivity index (χ2v) is 5.56. The molecule has 0 spiro atoms. The fourth-order valence-electron chi connectivity index (χ4n) is 1.23. The van der Waals surface area contributed by atoms with Crippen molar-refractivity contribution in [1.82, 2.24) is 0 Å². The third-order valence-electron chi connectivity index (χ3n) is 1.87. The highest BCUT2D eigenvalue weighted by Gasteiger charge is 2.09. The fraction of sp³-hybridized carbons (Fsp3) is 0.400. The molecular formula is C10H14ClNO3S. The van der Waals surface area contributed by atoms with Crippen LogP contribution in [0.5, 0.6) is 5.75 Å². The zero-order valence-corrected chi connectivity index (χ0v) is 10.9. The molecule has 1 aromatic rings. The van der Waals surface area contributed by atoms with Crippen LogP contribution in [0.25, 0.3) is 0 Å². The molecule has 0 atom stereocenters. The van der Waals surface area contributed by atoms with Crippen LogP contribution in [0.3, 0.4) is 0 Å². The lowest BCUT2D eigenvalue weighted by molar-refractivity contribution is 0.340. The quantitative estimate of drug-likeness (QED) is 0.908. The van der Waals surface area contributed by atoms with Gasteiger partial charge in [0.2, 0.25) is 10.0 Å². The molecule has 0 bridgehead atoms. The van der Waals surface area contributed by atoms with Gasteiger partial charge >= 0.3 is 0 Å². The van der Waals surface area contributed by atoms with Crippen molar-refractivity contribution in [1.29, 1.82) is 0 Å². The SMILES string of the molecule is CCOc1cc(C)c(NS(C)(=O)=O)cc1Cl. The summed E-state index contributed by atoms with van der Waals surface area (Å²) in [5.74, 6) is 0.556. The van der Waals surface area contributed by atoms with Crippen molar-refractivity contribution < 1.29 is 13.2 Å². The monoisotopic (exact) mass is 263 g/mol. The minimum atomic E-state index is -3.29. The van der Waals surface area contributed by atoms with E-state index < -0.39 is 10.0 Å². The molecule has 6 heteroatoms. The number of aryl methyl sites for hydroxylation is 1. The third kappa shape index (κ3) is 3.57. The summed E-state index contributed by atoms with van der Waals surface area (Å²) in [6.45, 7) is 4.15. The van der Waals surface area contributed by atoms with Crippen LogP contribution in [-0.2, 0) is 10.0 Å². The van der Waals surface area contributed by atoms with Crippen molar-refractivity contribution in [3.8, 4) is 5.75 Å². The maximum absolute atomic E-state index is 11.1. The van der Waals surface area contributed by atoms with Crippen molar-refractivity contribution in [3.05, 3.63) is 22.7 Å². The largest absolute Gasteiger partial charge is 0.492 e. The zero-order chi connectivity index (χ0) is 12.3. The summed E-state index contributed by atoms with van der Waals surface area (Å²) in [5.41, 5.74) is 1.23. The molecule has 1 aromatic carbocycles. The summed E-state index contributed by atoms with van der Waals surface area (Å²) in [7, 11) is -3.29. The lowest BCUT2D eigenvalue weighted by Gasteiger charge is -2.11. The van der Waals surface area contributed by atoms with Crippen molar-refractivity contribution in [2.24, 2.45) is 0 Å². The maximum atomic E-state index is 11.1. The summed E-state index contributed by atoms with van der Waals surface area (Å²) < 4.78 is 29.9. The highest BCUT2D eigenvalue weighted by molar-refractivity contribution is 7.92. The molecule has 4 nitrogen and oxygen atoms in total. The van der Waals surface area contributed by atoms with Gasteiger partial charge in [-0.25, -0.2) is 8.42 Å². The predicted molar refractivity (Wildman–Crippen MR) is 65.8 cm³/mol. The molecule has 90 valence electrons. The van der Waals surface area contributed by atoms with Gasteiger partial charge in [-0.3, -0.25) is 4.72 Å². The highest BCUT2D eigenvalue weighted by atomic mass is 35.5. The van der Waals surface area contributed by atoms with E-state index in [1.807, 2.05) is 6.92 Å². The predicted octanol–water partition coefficient (Wildman–Crippen LogP) is 2.42. The Bertz CT molecular complexity index is 485. The Morgan fingerprint density at radius 3 is 2.56 bits per heavy atom. The number of benzene rings is 1. The molecule has 0 aromatic heterocycles. The lowest BCUT2D eigenvalue weighted by Crippen LogP contribution is -2.10. The van der Waals surface area contributed by atoms with Gasteiger partial charge in [-0.05, 0) is 31.5 Å². The second kappa shape index (κ2) is 4.93. The first-order valence-corrected chi connectivity index (χ1v) is 7.01. The van der Waals surface area contributed by atoms with Crippen molar-refractivity contribution in [2.75, 3.05) is 17.6 Å². The Morgan fingerprint density at radius 1 is 1.44 bits per heavy atom. The Labute approximate surface area is 101 Å². The average Bonchev–Trinajstić information content (AvgIpc) is 2.11. The first kappa shape index (κ1) is 13.1. The third-order valence-corrected chi connectivity index (χ3v) is 2.76. The van der Waals surface area contributed by atoms with E-state index in [4.69, 9.17) is 16.3 Å². The summed E-state index contributed by atoms with van der Waals surface area (Å²) in [4.78, 5) is 0. The van der Waals surface area contributed by atoms with E-state index in [1.54, 1.807) is 19.1 Å². The summed E-state index contributed by atoms with van der Waals surface area (Å²) in [6.07, 6.45) is 1.09. The van der Waals surface area contributed by atoms with Gasteiger partial charge in [-0.15, -0.1) is 0 Å². The molecule has 0 aliphatic rings. The van der Waals surface area contributed by atoms with Crippen LogP contribution >= 0.6 is 11.6 Å². The van der Waals surface area contributed by atoms with Crippen LogP contribution in [0.2, 0.25) is 5.02 Å². The Hall–Kier alpha value is -0.940. The van der Waals surface area contributed by atoms with Crippen LogP contribution in [0.1, 0.15) is 12.5 Å². The van der Waals surface area contributed by atoms with Crippen LogP contribution in [-0.4, -0.2) is 21.3 Å². The second-order valence-electron chi connectivity index (χ2n) is 3.40. The van der Waals surface area contributed by atoms with Gasteiger partial charge in [0.05, 0.1) is 23.6 Å². The number of hydrogen-bond donors (Lipinski definition) is 1. The molecule has 0 heterocycles. The van der Waals surface area contributed by atoms with E-state index in [9.17, 15) is 8.42 Å². The molecule has 0 amide bonds. The van der Waals surface area contributed by atoms with Crippen LogP contribution in [0.4, 0.5) is 5.69 Å². The molecule has 0 unspecified atom stereocenters. The summed E-state index contributed by atoms with van der Waals surface area (Å²) >= 11 is 5.95. The molecule has 0 saturated heterocycles. The molecular weight excluding hydrogens is 250 g/mol. The zero-order valence-electron chi connectivity index (χ0n) is 9.37. The molecule has 0 aliphatic carbocycles. The first-order valence-electron chi connectivity index (χ1n) is 4.74. The minimum absolute atomic E-state index is 0.388. The van der Waals surface area contributed by atoms with Crippen LogP contribution in [0, 0.1) is 6.92 Å². The Kier molecular flexibility index (Phi) is 4.04. The number of nitrogens with one attached hydrogen (secondary N) is 1. The van der Waals surface area contributed by atoms with E-state index in [-0.39, 0.29) is 0 Å². The van der Waals surface area contributed by atoms with Gasteiger partial charge in [0, 0.05) is 0 Å². The maximum Gasteiger partial charge on any atom is 0.229 e. The molecule has 0 fully saturated rings. The van der Waals surface area contributed by atoms with Crippen LogP contribution in [0.15, 0.2) is 12.1 Å². The fourth-order valence-corrected chi connectivity index (χ4v) is 2.07. The number of hydrogen-bond acceptors (Lipinski definition) is 3. The normalized spacial score (nSPS) is 11.2. The lowest BCUT2D eigenvalue weighted by atomic mass is 10.2. The van der Waals surface area contributed by atoms with Gasteiger partial charge in [0.25, 0.3) is 0 Å². The van der Waals surface area contributed by atoms with Gasteiger partial charge in [0.15, 0.2) is 0 Å². The summed E-state index contributed by atoms with van der Waals surface area (Å²) in [5, 5.41) is 0.388. The van der Waals surface area contributed by atoms with E-state index in [0.29, 0.717) is 23.1 Å². The molecule has 0 radical (unpaired) electrons. The number of rotatable bonds is 4. The highest BCUT2D eigenvalue weighted by Crippen LogP contribution is 2.31. The van der Waals surface area contributed by atoms with Crippen molar-refractivity contribution in [3.63, 3.8) is 0 Å². The minimum Gasteiger partial charge on any atom is -0.492 e. The van der Waals surface area contributed by atoms with E-state index in [1.165, 1.54) is 0 Å². The number of halogens is 1. The van der Waals surface area contributed by atoms with E-state index in [0.717, 1.165) is 11.8 Å². The topological polar surface area (TPSA) is 55.4 Å². The van der Waals surface area contributed by atoms with Crippen LogP contribution < -0.4 is 9.46 Å². The number of ether oxygens (including phenoxy) is 1. The van der Waals surface area contributed by atoms with E-state index >= 15 is 0 Å². The van der Waals surface area contributed by atoms with Gasteiger partial charge < -0.3 is 4.74 Å². The molecule has 1 N–H and O–H groups in total. The number of sulfonamides is 1. The van der Waals surface area contributed by atoms with Gasteiger partial charge in [-0.1, -0.05) is 11.6 Å². The standard InChI is InChI=1S/C10H14ClNO3S/c1-4-15-10-5-7(2)9(6-8(10)11)12-16(3,13)14/h5-6,12H,4H2,1-3H3. The van der Waals surface area contributed by atoms with Crippen molar-refractivity contribution >= 4 is 27.3 Å². The number of anilines is 1. The summed E-state index contributed by atoms with van der Waals surface area (Å²) in [6, 6.07) is 3.25. The molecule has 0 aliphatic heterocycles. The first-order chi connectivity index (χ1) is 7.33. The molecule has 0 saturated carbocycles. The van der Waals surface area contributed by atoms with Gasteiger partial charge in [0.1, 0.15) is 5.75 Å². The molecule has 16 heavy (non-hydrogen) atoms. The van der Waals surface area contributed by atoms with Crippen molar-refractivity contribution in [2.45, 2.75) is 13.8 Å². The van der Waals surface area contributed by atoms with Gasteiger partial charge in [-0.2, -0.15) is 0 Å². The van der Waals surface area contributed by atoms with E-state index in [2.05, 4.69) is 4.72 Å². The smallest absolute Gasteiger partial charge is 0.229 e.